The van der Waals surface area contributed by atoms with Crippen LogP contribution in [0.25, 0.3) is 0 Å². The van der Waals surface area contributed by atoms with Crippen LogP contribution in [0, 0.1) is 11.3 Å². The van der Waals surface area contributed by atoms with Crippen LogP contribution in [0.4, 0.5) is 0 Å². The predicted octanol–water partition coefficient (Wildman–Crippen LogP) is 2.64. The van der Waals surface area contributed by atoms with Crippen molar-refractivity contribution in [3.8, 4) is 5.75 Å². The molecular formula is C14H25N3O. The molecule has 102 valence electrons. The van der Waals surface area contributed by atoms with Gasteiger partial charge in [0.15, 0.2) is 5.75 Å². The first-order chi connectivity index (χ1) is 8.47. The lowest BCUT2D eigenvalue weighted by molar-refractivity contribution is 0.109. The average molecular weight is 251 g/mol. The zero-order valence-corrected chi connectivity index (χ0v) is 11.9. The molecule has 0 amide bonds. The summed E-state index contributed by atoms with van der Waals surface area (Å²) < 4.78 is 7.24. The van der Waals surface area contributed by atoms with E-state index < -0.39 is 0 Å². The first kappa shape index (κ1) is 13.4. The monoisotopic (exact) mass is 251 g/mol. The number of aryl methyl sites for hydroxylation is 1. The van der Waals surface area contributed by atoms with Gasteiger partial charge in [0.2, 0.25) is 0 Å². The fourth-order valence-corrected chi connectivity index (χ4v) is 3.34. The summed E-state index contributed by atoms with van der Waals surface area (Å²) >= 11 is 0. The van der Waals surface area contributed by atoms with Crippen molar-refractivity contribution in [2.24, 2.45) is 24.1 Å². The fourth-order valence-electron chi connectivity index (χ4n) is 3.34. The second-order valence-corrected chi connectivity index (χ2v) is 6.09. The molecular weight excluding hydrogens is 226 g/mol. The van der Waals surface area contributed by atoms with E-state index in [-0.39, 0.29) is 6.04 Å². The lowest BCUT2D eigenvalue weighted by Gasteiger charge is -2.42. The molecule has 18 heavy (non-hydrogen) atoms. The van der Waals surface area contributed by atoms with E-state index in [0.29, 0.717) is 11.3 Å². The van der Waals surface area contributed by atoms with Crippen LogP contribution in [0.15, 0.2) is 6.20 Å². The van der Waals surface area contributed by atoms with Crippen molar-refractivity contribution >= 4 is 0 Å². The van der Waals surface area contributed by atoms with E-state index in [1.54, 1.807) is 13.3 Å². The molecule has 0 aliphatic heterocycles. The topological polar surface area (TPSA) is 53.1 Å². The van der Waals surface area contributed by atoms with Gasteiger partial charge in [0, 0.05) is 7.05 Å². The van der Waals surface area contributed by atoms with Gasteiger partial charge in [-0.15, -0.1) is 0 Å². The lowest BCUT2D eigenvalue weighted by Crippen LogP contribution is -2.37. The molecule has 1 fully saturated rings. The molecule has 2 atom stereocenters. The fraction of sp³-hybridized carbons (Fsp3) is 0.786. The summed E-state index contributed by atoms with van der Waals surface area (Å²) in [5, 5.41) is 4.26. The summed E-state index contributed by atoms with van der Waals surface area (Å²) in [7, 11) is 3.62. The molecule has 0 radical (unpaired) electrons. The van der Waals surface area contributed by atoms with Crippen LogP contribution in [0.5, 0.6) is 5.75 Å². The van der Waals surface area contributed by atoms with Crippen molar-refractivity contribution in [1.29, 1.82) is 0 Å². The summed E-state index contributed by atoms with van der Waals surface area (Å²) in [5.41, 5.74) is 7.85. The Labute approximate surface area is 110 Å². The van der Waals surface area contributed by atoms with Gasteiger partial charge >= 0.3 is 0 Å². The van der Waals surface area contributed by atoms with E-state index >= 15 is 0 Å². The molecule has 4 heteroatoms. The first-order valence-electron chi connectivity index (χ1n) is 6.79. The third-order valence-corrected chi connectivity index (χ3v) is 4.51. The minimum absolute atomic E-state index is 0.00255. The Kier molecular flexibility index (Phi) is 3.66. The molecule has 1 aliphatic carbocycles. The van der Waals surface area contributed by atoms with Crippen LogP contribution in [0.1, 0.15) is 51.3 Å². The second-order valence-electron chi connectivity index (χ2n) is 6.09. The molecule has 0 saturated heterocycles. The highest BCUT2D eigenvalue weighted by atomic mass is 16.5. The van der Waals surface area contributed by atoms with Gasteiger partial charge in [-0.05, 0) is 24.2 Å². The normalized spacial score (nSPS) is 24.8. The molecule has 1 aromatic heterocycles. The maximum absolute atomic E-state index is 6.53. The highest BCUT2D eigenvalue weighted by Crippen LogP contribution is 2.46. The zero-order chi connectivity index (χ0) is 13.3. The van der Waals surface area contributed by atoms with Crippen molar-refractivity contribution in [3.05, 3.63) is 11.9 Å². The van der Waals surface area contributed by atoms with Crippen molar-refractivity contribution in [1.82, 2.24) is 9.78 Å². The van der Waals surface area contributed by atoms with Crippen LogP contribution in [-0.4, -0.2) is 16.9 Å². The lowest BCUT2D eigenvalue weighted by atomic mass is 9.65. The molecule has 2 N–H and O–H groups in total. The van der Waals surface area contributed by atoms with E-state index in [9.17, 15) is 0 Å². The molecule has 4 nitrogen and oxygen atoms in total. The van der Waals surface area contributed by atoms with Gasteiger partial charge in [0.05, 0.1) is 25.0 Å². The molecule has 2 unspecified atom stereocenters. The minimum Gasteiger partial charge on any atom is -0.493 e. The molecule has 1 aliphatic rings. The number of methoxy groups -OCH3 is 1. The largest absolute Gasteiger partial charge is 0.493 e. The summed E-state index contributed by atoms with van der Waals surface area (Å²) in [6.45, 7) is 4.67. The smallest absolute Gasteiger partial charge is 0.161 e. The van der Waals surface area contributed by atoms with Gasteiger partial charge in [0.25, 0.3) is 0 Å². The van der Waals surface area contributed by atoms with Crippen LogP contribution in [-0.2, 0) is 7.05 Å². The molecule has 1 heterocycles. The van der Waals surface area contributed by atoms with Crippen LogP contribution < -0.4 is 10.5 Å². The Balaban J connectivity index is 2.29. The Morgan fingerprint density at radius 1 is 1.50 bits per heavy atom. The van der Waals surface area contributed by atoms with Crippen LogP contribution in [0.2, 0.25) is 0 Å². The van der Waals surface area contributed by atoms with Gasteiger partial charge in [-0.3, -0.25) is 4.68 Å². The summed E-state index contributed by atoms with van der Waals surface area (Å²) in [4.78, 5) is 0. The number of ether oxygens (including phenoxy) is 1. The van der Waals surface area contributed by atoms with E-state index in [0.717, 1.165) is 11.4 Å². The van der Waals surface area contributed by atoms with E-state index in [2.05, 4.69) is 18.9 Å². The van der Waals surface area contributed by atoms with Gasteiger partial charge in [-0.25, -0.2) is 0 Å². The third-order valence-electron chi connectivity index (χ3n) is 4.51. The third kappa shape index (κ3) is 2.26. The maximum Gasteiger partial charge on any atom is 0.161 e. The predicted molar refractivity (Wildman–Crippen MR) is 72.4 cm³/mol. The number of rotatable bonds is 3. The standard InChI is InChI=1S/C14H25N3O/c1-14(2)8-6-5-7-10(14)12(15)13-11(18-4)9-16-17(13)3/h9-10,12H,5-8,15H2,1-4H3. The summed E-state index contributed by atoms with van der Waals surface area (Å²) in [6.07, 6.45) is 6.81. The molecule has 0 spiro atoms. The van der Waals surface area contributed by atoms with Crippen molar-refractivity contribution < 1.29 is 4.74 Å². The minimum atomic E-state index is 0.00255. The quantitative estimate of drug-likeness (QED) is 0.898. The SMILES string of the molecule is COc1cnn(C)c1C(N)C1CCCCC1(C)C. The second kappa shape index (κ2) is 4.92. The van der Waals surface area contributed by atoms with E-state index in [1.807, 2.05) is 11.7 Å². The van der Waals surface area contributed by atoms with Gasteiger partial charge in [0.1, 0.15) is 0 Å². The number of hydrogen-bond donors (Lipinski definition) is 1. The Bertz CT molecular complexity index is 411. The van der Waals surface area contributed by atoms with Crippen molar-refractivity contribution in [2.75, 3.05) is 7.11 Å². The zero-order valence-electron chi connectivity index (χ0n) is 11.9. The van der Waals surface area contributed by atoms with Crippen LogP contribution in [0.3, 0.4) is 0 Å². The first-order valence-corrected chi connectivity index (χ1v) is 6.79. The van der Waals surface area contributed by atoms with Gasteiger partial charge < -0.3 is 10.5 Å². The Hall–Kier alpha value is -1.03. The van der Waals surface area contributed by atoms with Gasteiger partial charge in [-0.1, -0.05) is 26.7 Å². The van der Waals surface area contributed by atoms with Crippen molar-refractivity contribution in [2.45, 2.75) is 45.6 Å². The highest BCUT2D eigenvalue weighted by Gasteiger charge is 2.38. The van der Waals surface area contributed by atoms with E-state index in [1.165, 1.54) is 25.7 Å². The molecule has 0 bridgehead atoms. The summed E-state index contributed by atoms with van der Waals surface area (Å²) in [6, 6.07) is 0.00255. The summed E-state index contributed by atoms with van der Waals surface area (Å²) in [5.74, 6) is 1.31. The molecule has 1 saturated carbocycles. The van der Waals surface area contributed by atoms with Crippen LogP contribution >= 0.6 is 0 Å². The highest BCUT2D eigenvalue weighted by molar-refractivity contribution is 5.28. The number of nitrogens with zero attached hydrogens (tertiary/aromatic N) is 2. The molecule has 2 rings (SSSR count). The van der Waals surface area contributed by atoms with Gasteiger partial charge in [-0.2, -0.15) is 5.10 Å². The number of nitrogens with two attached hydrogens (primary N) is 1. The van der Waals surface area contributed by atoms with Crippen molar-refractivity contribution in [3.63, 3.8) is 0 Å². The maximum atomic E-state index is 6.53. The average Bonchev–Trinajstić information content (AvgIpc) is 2.69. The van der Waals surface area contributed by atoms with E-state index in [4.69, 9.17) is 10.5 Å². The number of aromatic nitrogens is 2. The Morgan fingerprint density at radius 3 is 2.83 bits per heavy atom. The molecule has 0 aromatic carbocycles. The number of hydrogen-bond acceptors (Lipinski definition) is 3. The Morgan fingerprint density at radius 2 is 2.22 bits per heavy atom. The molecule has 1 aromatic rings.